The van der Waals surface area contributed by atoms with E-state index in [0.717, 1.165) is 27.9 Å². The second kappa shape index (κ2) is 7.38. The van der Waals surface area contributed by atoms with Crippen molar-refractivity contribution in [1.29, 1.82) is 0 Å². The topological polar surface area (TPSA) is 55.5 Å². The Labute approximate surface area is 157 Å². The van der Waals surface area contributed by atoms with Crippen molar-refractivity contribution in [3.05, 3.63) is 90.0 Å². The zero-order chi connectivity index (χ0) is 18.6. The van der Waals surface area contributed by atoms with Gasteiger partial charge in [0.1, 0.15) is 17.2 Å². The molecule has 1 aromatic heterocycles. The lowest BCUT2D eigenvalue weighted by atomic mass is 9.96. The van der Waals surface area contributed by atoms with Crippen molar-refractivity contribution in [1.82, 2.24) is 5.16 Å². The molecule has 1 N–H and O–H groups in total. The van der Waals surface area contributed by atoms with Gasteiger partial charge in [0.05, 0.1) is 7.11 Å². The predicted molar refractivity (Wildman–Crippen MR) is 105 cm³/mol. The van der Waals surface area contributed by atoms with Crippen molar-refractivity contribution in [2.24, 2.45) is 0 Å². The fraction of sp³-hybridized carbons (Fsp3) is 0.0870. The van der Waals surface area contributed by atoms with E-state index in [9.17, 15) is 5.11 Å². The molecular formula is C23H19NO3. The molecule has 134 valence electrons. The lowest BCUT2D eigenvalue weighted by molar-refractivity contribution is 0.411. The Bertz CT molecular complexity index is 983. The van der Waals surface area contributed by atoms with Crippen LogP contribution in [-0.4, -0.2) is 17.4 Å². The normalized spacial score (nSPS) is 10.7. The van der Waals surface area contributed by atoms with E-state index in [1.807, 2.05) is 66.7 Å². The van der Waals surface area contributed by atoms with Crippen molar-refractivity contribution in [2.45, 2.75) is 6.42 Å². The maximum absolute atomic E-state index is 10.3. The van der Waals surface area contributed by atoms with Gasteiger partial charge in [0.15, 0.2) is 5.76 Å². The average Bonchev–Trinajstić information content (AvgIpc) is 3.14. The molecule has 0 atom stereocenters. The van der Waals surface area contributed by atoms with Crippen LogP contribution >= 0.6 is 0 Å². The number of aromatic nitrogens is 1. The minimum atomic E-state index is 0.218. The molecule has 1 heterocycles. The number of rotatable bonds is 5. The summed E-state index contributed by atoms with van der Waals surface area (Å²) in [5.74, 6) is 1.62. The average molecular weight is 357 g/mol. The zero-order valence-electron chi connectivity index (χ0n) is 14.9. The predicted octanol–water partition coefficient (Wildman–Crippen LogP) is 5.31. The summed E-state index contributed by atoms with van der Waals surface area (Å²) in [7, 11) is 1.61. The first-order valence-electron chi connectivity index (χ1n) is 8.71. The van der Waals surface area contributed by atoms with Crippen LogP contribution in [0.1, 0.15) is 11.1 Å². The quantitative estimate of drug-likeness (QED) is 0.526. The summed E-state index contributed by atoms with van der Waals surface area (Å²) < 4.78 is 11.1. The molecule has 0 unspecified atom stereocenters. The SMILES string of the molecule is COc1ccc(O)c(Cc2c(-c3ccccc3)noc2-c2ccccc2)c1. The lowest BCUT2D eigenvalue weighted by Gasteiger charge is -2.09. The Balaban J connectivity index is 1.85. The van der Waals surface area contributed by atoms with Crippen LogP contribution in [0.5, 0.6) is 11.5 Å². The Hall–Kier alpha value is -3.53. The number of aromatic hydroxyl groups is 1. The first-order valence-corrected chi connectivity index (χ1v) is 8.71. The first-order chi connectivity index (χ1) is 13.3. The number of hydrogen-bond acceptors (Lipinski definition) is 4. The molecule has 3 aromatic carbocycles. The fourth-order valence-electron chi connectivity index (χ4n) is 3.13. The molecule has 0 saturated carbocycles. The number of methoxy groups -OCH3 is 1. The first kappa shape index (κ1) is 16.9. The van der Waals surface area contributed by atoms with Crippen LogP contribution < -0.4 is 4.74 Å². The number of phenolic OH excluding ortho intramolecular Hbond substituents is 1. The molecule has 0 bridgehead atoms. The Morgan fingerprint density at radius 3 is 2.22 bits per heavy atom. The van der Waals surface area contributed by atoms with Crippen molar-refractivity contribution >= 4 is 0 Å². The molecule has 0 aliphatic heterocycles. The highest BCUT2D eigenvalue weighted by Gasteiger charge is 2.20. The molecule has 27 heavy (non-hydrogen) atoms. The lowest BCUT2D eigenvalue weighted by Crippen LogP contribution is -1.94. The summed E-state index contributed by atoms with van der Waals surface area (Å²) >= 11 is 0. The molecule has 4 heteroatoms. The van der Waals surface area contributed by atoms with E-state index in [1.165, 1.54) is 0 Å². The molecule has 0 aliphatic carbocycles. The minimum Gasteiger partial charge on any atom is -0.508 e. The van der Waals surface area contributed by atoms with Gasteiger partial charge in [-0.3, -0.25) is 0 Å². The number of hydrogen-bond donors (Lipinski definition) is 1. The van der Waals surface area contributed by atoms with Crippen molar-refractivity contribution in [3.63, 3.8) is 0 Å². The molecule has 4 rings (SSSR count). The van der Waals surface area contributed by atoms with Gasteiger partial charge in [0.25, 0.3) is 0 Å². The van der Waals surface area contributed by atoms with E-state index in [-0.39, 0.29) is 5.75 Å². The smallest absolute Gasteiger partial charge is 0.171 e. The van der Waals surface area contributed by atoms with Crippen LogP contribution in [0, 0.1) is 0 Å². The van der Waals surface area contributed by atoms with Gasteiger partial charge in [-0.15, -0.1) is 0 Å². The number of phenols is 1. The maximum atomic E-state index is 10.3. The second-order valence-electron chi connectivity index (χ2n) is 6.24. The second-order valence-corrected chi connectivity index (χ2v) is 6.24. The van der Waals surface area contributed by atoms with E-state index >= 15 is 0 Å². The Morgan fingerprint density at radius 2 is 1.56 bits per heavy atom. The Morgan fingerprint density at radius 1 is 0.889 bits per heavy atom. The van der Waals surface area contributed by atoms with Crippen LogP contribution in [-0.2, 0) is 6.42 Å². The molecule has 0 amide bonds. The van der Waals surface area contributed by atoms with Gasteiger partial charge < -0.3 is 14.4 Å². The van der Waals surface area contributed by atoms with Crippen LogP contribution in [0.25, 0.3) is 22.6 Å². The number of nitrogens with zero attached hydrogens (tertiary/aromatic N) is 1. The summed E-state index contributed by atoms with van der Waals surface area (Å²) in [5.41, 5.74) is 4.38. The molecule has 4 aromatic rings. The minimum absolute atomic E-state index is 0.218. The van der Waals surface area contributed by atoms with Crippen molar-refractivity contribution < 1.29 is 14.4 Å². The van der Waals surface area contributed by atoms with Crippen LogP contribution in [0.3, 0.4) is 0 Å². The molecule has 0 fully saturated rings. The molecule has 4 nitrogen and oxygen atoms in total. The number of ether oxygens (including phenoxy) is 1. The monoisotopic (exact) mass is 357 g/mol. The van der Waals surface area contributed by atoms with Crippen LogP contribution in [0.15, 0.2) is 83.4 Å². The van der Waals surface area contributed by atoms with E-state index in [1.54, 1.807) is 19.2 Å². The van der Waals surface area contributed by atoms with Gasteiger partial charge in [-0.1, -0.05) is 65.8 Å². The molecule has 0 saturated heterocycles. The molecule has 0 radical (unpaired) electrons. The van der Waals surface area contributed by atoms with Crippen LogP contribution in [0.4, 0.5) is 0 Å². The third-order valence-electron chi connectivity index (χ3n) is 4.53. The fourth-order valence-corrected chi connectivity index (χ4v) is 3.13. The largest absolute Gasteiger partial charge is 0.508 e. The highest BCUT2D eigenvalue weighted by molar-refractivity contribution is 5.73. The maximum Gasteiger partial charge on any atom is 0.171 e. The highest BCUT2D eigenvalue weighted by Crippen LogP contribution is 2.36. The third-order valence-corrected chi connectivity index (χ3v) is 4.53. The van der Waals surface area contributed by atoms with E-state index < -0.39 is 0 Å². The summed E-state index contributed by atoms with van der Waals surface area (Å²) in [6.07, 6.45) is 0.473. The summed E-state index contributed by atoms with van der Waals surface area (Å²) in [6.45, 7) is 0. The third kappa shape index (κ3) is 3.42. The summed E-state index contributed by atoms with van der Waals surface area (Å²) in [6, 6.07) is 25.0. The van der Waals surface area contributed by atoms with Gasteiger partial charge in [0.2, 0.25) is 0 Å². The summed E-state index contributed by atoms with van der Waals surface area (Å²) in [5, 5.41) is 14.7. The molecular weight excluding hydrogens is 338 g/mol. The van der Waals surface area contributed by atoms with Crippen molar-refractivity contribution in [2.75, 3.05) is 7.11 Å². The van der Waals surface area contributed by atoms with Gasteiger partial charge >= 0.3 is 0 Å². The zero-order valence-corrected chi connectivity index (χ0v) is 14.9. The van der Waals surface area contributed by atoms with E-state index in [2.05, 4.69) is 5.16 Å². The van der Waals surface area contributed by atoms with Gasteiger partial charge in [0, 0.05) is 28.7 Å². The van der Waals surface area contributed by atoms with Crippen molar-refractivity contribution in [3.8, 4) is 34.1 Å². The Kier molecular flexibility index (Phi) is 4.62. The van der Waals surface area contributed by atoms with Crippen LogP contribution in [0.2, 0.25) is 0 Å². The van der Waals surface area contributed by atoms with Gasteiger partial charge in [-0.2, -0.15) is 0 Å². The van der Waals surface area contributed by atoms with E-state index in [4.69, 9.17) is 9.26 Å². The summed E-state index contributed by atoms with van der Waals surface area (Å²) in [4.78, 5) is 0. The van der Waals surface area contributed by atoms with Gasteiger partial charge in [-0.25, -0.2) is 0 Å². The van der Waals surface area contributed by atoms with Gasteiger partial charge in [-0.05, 0) is 18.2 Å². The molecule has 0 spiro atoms. The highest BCUT2D eigenvalue weighted by atomic mass is 16.5. The number of benzene rings is 3. The van der Waals surface area contributed by atoms with E-state index in [0.29, 0.717) is 17.9 Å². The standard InChI is InChI=1S/C23H19NO3/c1-26-19-12-13-21(25)18(14-19)15-20-22(16-8-4-2-5-9-16)24-27-23(20)17-10-6-3-7-11-17/h2-14,25H,15H2,1H3. The molecule has 0 aliphatic rings.